The van der Waals surface area contributed by atoms with Gasteiger partial charge in [0.25, 0.3) is 0 Å². The minimum absolute atomic E-state index is 0.0502. The van der Waals surface area contributed by atoms with E-state index in [9.17, 15) is 4.79 Å². The largest absolute Gasteiger partial charge is 0.497 e. The molecular weight excluding hydrogens is 390 g/mol. The first kappa shape index (κ1) is 19.8. The van der Waals surface area contributed by atoms with Crippen molar-refractivity contribution < 1.29 is 14.3 Å². The van der Waals surface area contributed by atoms with Gasteiger partial charge in [-0.3, -0.25) is 5.32 Å². The molecule has 5 rings (SSSR count). The lowest BCUT2D eigenvalue weighted by atomic mass is 9.92. The number of benzene rings is 2. The van der Waals surface area contributed by atoms with Gasteiger partial charge in [0.1, 0.15) is 11.9 Å². The molecule has 0 spiro atoms. The molecule has 3 N–H and O–H groups in total. The van der Waals surface area contributed by atoms with Crippen molar-refractivity contribution in [1.29, 1.82) is 0 Å². The SMILES string of the molecule is COc1ccc2c(c1)c(N)c(-c1ccc(NC(=O)OC3CCCC3)cc1)n2C1CCC1. The van der Waals surface area contributed by atoms with E-state index in [2.05, 4.69) is 16.0 Å². The zero-order valence-corrected chi connectivity index (χ0v) is 17.9. The van der Waals surface area contributed by atoms with Crippen LogP contribution in [0.3, 0.4) is 0 Å². The Morgan fingerprint density at radius 2 is 1.77 bits per heavy atom. The van der Waals surface area contributed by atoms with Crippen LogP contribution < -0.4 is 15.8 Å². The Kier molecular flexibility index (Phi) is 5.22. The minimum Gasteiger partial charge on any atom is -0.497 e. The Morgan fingerprint density at radius 1 is 1.03 bits per heavy atom. The summed E-state index contributed by atoms with van der Waals surface area (Å²) >= 11 is 0. The number of carbonyl (C=O) groups excluding carboxylic acids is 1. The summed E-state index contributed by atoms with van der Waals surface area (Å²) in [4.78, 5) is 12.2. The number of nitrogens with two attached hydrogens (primary N) is 1. The molecular formula is C25H29N3O3. The minimum atomic E-state index is -0.380. The van der Waals surface area contributed by atoms with Crippen LogP contribution in [0.15, 0.2) is 42.5 Å². The van der Waals surface area contributed by atoms with Gasteiger partial charge < -0.3 is 19.8 Å². The molecule has 1 heterocycles. The molecule has 6 nitrogen and oxygen atoms in total. The van der Waals surface area contributed by atoms with Crippen LogP contribution in [0.25, 0.3) is 22.2 Å². The Balaban J connectivity index is 1.44. The second kappa shape index (κ2) is 8.17. The number of fused-ring (bicyclic) bond motifs is 1. The number of methoxy groups -OCH3 is 1. The van der Waals surface area contributed by atoms with Crippen LogP contribution in [0.1, 0.15) is 51.0 Å². The van der Waals surface area contributed by atoms with Crippen LogP contribution in [0.2, 0.25) is 0 Å². The number of nitrogens with one attached hydrogen (secondary N) is 1. The summed E-state index contributed by atoms with van der Waals surface area (Å²) in [6, 6.07) is 14.4. The fourth-order valence-corrected chi connectivity index (χ4v) is 4.78. The third-order valence-corrected chi connectivity index (χ3v) is 6.67. The standard InChI is InChI=1S/C25H29N3O3/c1-30-20-13-14-22-21(15-20)23(26)24(28(22)18-5-4-6-18)16-9-11-17(12-10-16)27-25(29)31-19-7-2-3-8-19/h9-15,18-19H,2-8,26H2,1H3,(H,27,29). The van der Waals surface area contributed by atoms with Gasteiger partial charge in [0, 0.05) is 22.7 Å². The van der Waals surface area contributed by atoms with Gasteiger partial charge in [0.15, 0.2) is 0 Å². The molecule has 2 aromatic carbocycles. The van der Waals surface area contributed by atoms with Crippen molar-refractivity contribution in [3.8, 4) is 17.0 Å². The van der Waals surface area contributed by atoms with Crippen LogP contribution in [0.5, 0.6) is 5.75 Å². The summed E-state index contributed by atoms with van der Waals surface area (Å²) in [5, 5.41) is 3.86. The predicted octanol–water partition coefficient (Wildman–Crippen LogP) is 6.12. The molecule has 0 aliphatic heterocycles. The molecule has 0 bridgehead atoms. The molecule has 3 aromatic rings. The molecule has 1 amide bonds. The van der Waals surface area contributed by atoms with Crippen molar-refractivity contribution in [3.05, 3.63) is 42.5 Å². The maximum absolute atomic E-state index is 12.2. The zero-order valence-electron chi connectivity index (χ0n) is 17.9. The first-order valence-electron chi connectivity index (χ1n) is 11.2. The van der Waals surface area contributed by atoms with Crippen LogP contribution in [-0.2, 0) is 4.74 Å². The van der Waals surface area contributed by atoms with Crippen LogP contribution in [-0.4, -0.2) is 23.9 Å². The number of ether oxygens (including phenoxy) is 2. The Bertz CT molecular complexity index is 1090. The average Bonchev–Trinajstić information content (AvgIpc) is 3.34. The number of nitrogens with zero attached hydrogens (tertiary/aromatic N) is 1. The Morgan fingerprint density at radius 3 is 2.42 bits per heavy atom. The highest BCUT2D eigenvalue weighted by atomic mass is 16.6. The maximum Gasteiger partial charge on any atom is 0.411 e. The lowest BCUT2D eigenvalue weighted by Gasteiger charge is -2.30. The highest BCUT2D eigenvalue weighted by Crippen LogP contribution is 2.44. The van der Waals surface area contributed by atoms with E-state index in [1.807, 2.05) is 36.4 Å². The molecule has 31 heavy (non-hydrogen) atoms. The molecule has 2 fully saturated rings. The first-order valence-corrected chi connectivity index (χ1v) is 11.2. The summed E-state index contributed by atoms with van der Waals surface area (Å²) in [6.07, 6.45) is 7.42. The van der Waals surface area contributed by atoms with Gasteiger partial charge in [-0.15, -0.1) is 0 Å². The second-order valence-corrected chi connectivity index (χ2v) is 8.61. The van der Waals surface area contributed by atoms with Gasteiger partial charge in [0.05, 0.1) is 24.0 Å². The van der Waals surface area contributed by atoms with Crippen LogP contribution in [0, 0.1) is 0 Å². The van der Waals surface area contributed by atoms with Crippen molar-refractivity contribution in [2.75, 3.05) is 18.2 Å². The van der Waals surface area contributed by atoms with Crippen molar-refractivity contribution in [3.63, 3.8) is 0 Å². The normalized spacial score (nSPS) is 16.9. The average molecular weight is 420 g/mol. The van der Waals surface area contributed by atoms with E-state index in [0.29, 0.717) is 6.04 Å². The van der Waals surface area contributed by atoms with E-state index in [0.717, 1.165) is 77.8 Å². The molecule has 0 radical (unpaired) electrons. The number of carbonyl (C=O) groups is 1. The van der Waals surface area contributed by atoms with Gasteiger partial charge in [-0.05, 0) is 75.3 Å². The fourth-order valence-electron chi connectivity index (χ4n) is 4.78. The third kappa shape index (κ3) is 3.71. The zero-order chi connectivity index (χ0) is 21.4. The van der Waals surface area contributed by atoms with Crippen LogP contribution in [0.4, 0.5) is 16.2 Å². The number of rotatable bonds is 5. The summed E-state index contributed by atoms with van der Waals surface area (Å²) in [6.45, 7) is 0. The first-order chi connectivity index (χ1) is 15.1. The van der Waals surface area contributed by atoms with Crippen molar-refractivity contribution >= 4 is 28.4 Å². The number of hydrogen-bond donors (Lipinski definition) is 2. The van der Waals surface area contributed by atoms with Gasteiger partial charge in [-0.2, -0.15) is 0 Å². The molecule has 2 saturated carbocycles. The number of hydrogen-bond acceptors (Lipinski definition) is 4. The van der Waals surface area contributed by atoms with Gasteiger partial charge in [-0.25, -0.2) is 4.79 Å². The number of anilines is 2. The monoisotopic (exact) mass is 419 g/mol. The molecule has 6 heteroatoms. The molecule has 1 aromatic heterocycles. The molecule has 2 aliphatic carbocycles. The number of amides is 1. The Labute approximate surface area is 182 Å². The molecule has 0 saturated heterocycles. The van der Waals surface area contributed by atoms with Crippen LogP contribution >= 0.6 is 0 Å². The quantitative estimate of drug-likeness (QED) is 0.522. The smallest absolute Gasteiger partial charge is 0.411 e. The van der Waals surface area contributed by atoms with E-state index < -0.39 is 0 Å². The predicted molar refractivity (Wildman–Crippen MR) is 124 cm³/mol. The molecule has 0 atom stereocenters. The fraction of sp³-hybridized carbons (Fsp3) is 0.400. The summed E-state index contributed by atoms with van der Waals surface area (Å²) in [7, 11) is 1.67. The van der Waals surface area contributed by atoms with Crippen molar-refractivity contribution in [2.45, 2.75) is 57.1 Å². The summed E-state index contributed by atoms with van der Waals surface area (Å²) in [5.41, 5.74) is 11.4. The highest BCUT2D eigenvalue weighted by Gasteiger charge is 2.27. The van der Waals surface area contributed by atoms with E-state index >= 15 is 0 Å². The number of nitrogen functional groups attached to an aromatic ring is 1. The second-order valence-electron chi connectivity index (χ2n) is 8.61. The third-order valence-electron chi connectivity index (χ3n) is 6.67. The van der Waals surface area contributed by atoms with Gasteiger partial charge in [0.2, 0.25) is 0 Å². The van der Waals surface area contributed by atoms with E-state index in [4.69, 9.17) is 15.2 Å². The van der Waals surface area contributed by atoms with Crippen molar-refractivity contribution in [2.24, 2.45) is 0 Å². The van der Waals surface area contributed by atoms with E-state index in [-0.39, 0.29) is 12.2 Å². The summed E-state index contributed by atoms with van der Waals surface area (Å²) in [5.74, 6) is 0.803. The Hall–Kier alpha value is -3.15. The highest BCUT2D eigenvalue weighted by molar-refractivity contribution is 6.02. The topological polar surface area (TPSA) is 78.5 Å². The molecule has 2 aliphatic rings. The van der Waals surface area contributed by atoms with E-state index in [1.54, 1.807) is 7.11 Å². The molecule has 0 unspecified atom stereocenters. The van der Waals surface area contributed by atoms with Crippen molar-refractivity contribution in [1.82, 2.24) is 4.57 Å². The number of aromatic nitrogens is 1. The summed E-state index contributed by atoms with van der Waals surface area (Å²) < 4.78 is 13.3. The maximum atomic E-state index is 12.2. The molecule has 162 valence electrons. The van der Waals surface area contributed by atoms with Gasteiger partial charge in [-0.1, -0.05) is 12.1 Å². The lowest BCUT2D eigenvalue weighted by Crippen LogP contribution is -2.20. The van der Waals surface area contributed by atoms with E-state index in [1.165, 1.54) is 6.42 Å². The van der Waals surface area contributed by atoms with Gasteiger partial charge >= 0.3 is 6.09 Å². The lowest BCUT2D eigenvalue weighted by molar-refractivity contribution is 0.114.